The van der Waals surface area contributed by atoms with E-state index in [2.05, 4.69) is 15.6 Å². The van der Waals surface area contributed by atoms with Crippen molar-refractivity contribution in [3.63, 3.8) is 0 Å². The normalized spacial score (nSPS) is 11.1. The van der Waals surface area contributed by atoms with E-state index in [9.17, 15) is 13.6 Å². The van der Waals surface area contributed by atoms with E-state index in [1.807, 2.05) is 20.8 Å². The summed E-state index contributed by atoms with van der Waals surface area (Å²) in [6.07, 6.45) is 1.58. The summed E-state index contributed by atoms with van der Waals surface area (Å²) in [7, 11) is 0. The third kappa shape index (κ3) is 3.78. The van der Waals surface area contributed by atoms with Crippen LogP contribution >= 0.6 is 0 Å². The zero-order chi connectivity index (χ0) is 16.3. The predicted molar refractivity (Wildman–Crippen MR) is 81.9 cm³/mol. The summed E-state index contributed by atoms with van der Waals surface area (Å²) < 4.78 is 26.9. The highest BCUT2D eigenvalue weighted by molar-refractivity contribution is 6.05. The Bertz CT molecular complexity index is 696. The lowest BCUT2D eigenvalue weighted by molar-refractivity contribution is 0.102. The van der Waals surface area contributed by atoms with Crippen LogP contribution < -0.4 is 10.6 Å². The number of hydrogen-bond donors (Lipinski definition) is 2. The highest BCUT2D eigenvalue weighted by Crippen LogP contribution is 2.23. The van der Waals surface area contributed by atoms with Crippen LogP contribution in [0.25, 0.3) is 0 Å². The smallest absolute Gasteiger partial charge is 0.258 e. The van der Waals surface area contributed by atoms with Crippen molar-refractivity contribution < 1.29 is 13.6 Å². The molecule has 0 bridgehead atoms. The van der Waals surface area contributed by atoms with Gasteiger partial charge in [0.25, 0.3) is 5.91 Å². The highest BCUT2D eigenvalue weighted by Gasteiger charge is 2.18. The summed E-state index contributed by atoms with van der Waals surface area (Å²) >= 11 is 0. The van der Waals surface area contributed by atoms with Gasteiger partial charge >= 0.3 is 0 Å². The number of benzene rings is 1. The molecule has 4 nitrogen and oxygen atoms in total. The molecule has 0 aliphatic heterocycles. The topological polar surface area (TPSA) is 54.0 Å². The second kappa shape index (κ2) is 6.09. The highest BCUT2D eigenvalue weighted by atomic mass is 19.2. The molecule has 0 aliphatic rings. The van der Waals surface area contributed by atoms with Crippen LogP contribution in [0.15, 0.2) is 36.5 Å². The Morgan fingerprint density at radius 1 is 1.14 bits per heavy atom. The summed E-state index contributed by atoms with van der Waals surface area (Å²) in [5.74, 6) is -2.51. The molecule has 1 aromatic carbocycles. The molecule has 0 spiro atoms. The van der Waals surface area contributed by atoms with E-state index in [-0.39, 0.29) is 11.1 Å². The maximum Gasteiger partial charge on any atom is 0.258 e. The van der Waals surface area contributed by atoms with Gasteiger partial charge in [0.15, 0.2) is 11.6 Å². The minimum Gasteiger partial charge on any atom is -0.364 e. The molecule has 0 saturated heterocycles. The summed E-state index contributed by atoms with van der Waals surface area (Å²) in [5.41, 5.74) is -0.227. The maximum absolute atomic E-state index is 13.7. The molecule has 0 fully saturated rings. The zero-order valence-corrected chi connectivity index (χ0v) is 12.6. The van der Waals surface area contributed by atoms with Gasteiger partial charge in [-0.3, -0.25) is 4.79 Å². The number of halogens is 2. The van der Waals surface area contributed by atoms with Crippen LogP contribution in [0, 0.1) is 11.6 Å². The van der Waals surface area contributed by atoms with Crippen LogP contribution in [0.4, 0.5) is 20.3 Å². The Hall–Kier alpha value is -2.50. The minimum absolute atomic E-state index is 0.266. The van der Waals surface area contributed by atoms with E-state index >= 15 is 0 Å². The molecular formula is C16H17F2N3O. The molecule has 0 radical (unpaired) electrons. The van der Waals surface area contributed by atoms with Gasteiger partial charge in [0.1, 0.15) is 5.82 Å². The lowest BCUT2D eigenvalue weighted by Gasteiger charge is -2.23. The largest absolute Gasteiger partial charge is 0.364 e. The van der Waals surface area contributed by atoms with E-state index in [4.69, 9.17) is 0 Å². The van der Waals surface area contributed by atoms with Crippen LogP contribution in [0.5, 0.6) is 0 Å². The number of pyridine rings is 1. The Labute approximate surface area is 127 Å². The molecule has 1 aromatic heterocycles. The molecule has 22 heavy (non-hydrogen) atoms. The number of aromatic nitrogens is 1. The first-order valence-corrected chi connectivity index (χ1v) is 6.76. The lowest BCUT2D eigenvalue weighted by Crippen LogP contribution is -2.27. The van der Waals surface area contributed by atoms with Crippen molar-refractivity contribution in [2.24, 2.45) is 0 Å². The van der Waals surface area contributed by atoms with Gasteiger partial charge in [-0.1, -0.05) is 6.07 Å². The average Bonchev–Trinajstić information content (AvgIpc) is 2.42. The molecule has 0 saturated carbocycles. The van der Waals surface area contributed by atoms with Crippen molar-refractivity contribution in [1.29, 1.82) is 0 Å². The van der Waals surface area contributed by atoms with E-state index in [1.54, 1.807) is 18.3 Å². The first kappa shape index (κ1) is 15.9. The van der Waals surface area contributed by atoms with Gasteiger partial charge in [0, 0.05) is 11.7 Å². The van der Waals surface area contributed by atoms with Crippen LogP contribution in [0.1, 0.15) is 31.1 Å². The fourth-order valence-corrected chi connectivity index (χ4v) is 1.83. The Balaban J connectivity index is 2.27. The molecule has 2 aromatic rings. The lowest BCUT2D eigenvalue weighted by atomic mass is 10.1. The summed E-state index contributed by atoms with van der Waals surface area (Å²) in [6, 6.07) is 6.75. The summed E-state index contributed by atoms with van der Waals surface area (Å²) in [4.78, 5) is 16.3. The number of amides is 1. The molecule has 0 aliphatic carbocycles. The van der Waals surface area contributed by atoms with Crippen molar-refractivity contribution in [3.05, 3.63) is 53.7 Å². The fraction of sp³-hybridized carbons (Fsp3) is 0.250. The second-order valence-electron chi connectivity index (χ2n) is 5.83. The number of nitrogens with zero attached hydrogens (tertiary/aromatic N) is 1. The molecule has 2 rings (SSSR count). The van der Waals surface area contributed by atoms with Crippen LogP contribution in [0.3, 0.4) is 0 Å². The SMILES string of the molecule is CC(C)(C)Nc1ncccc1NC(=O)c1cccc(F)c1F. The van der Waals surface area contributed by atoms with Gasteiger partial charge in [0.05, 0.1) is 11.3 Å². The monoisotopic (exact) mass is 305 g/mol. The molecule has 0 unspecified atom stereocenters. The third-order valence-electron chi connectivity index (χ3n) is 2.75. The molecule has 2 N–H and O–H groups in total. The summed E-state index contributed by atoms with van der Waals surface area (Å²) in [6.45, 7) is 5.83. The first-order valence-electron chi connectivity index (χ1n) is 6.76. The Morgan fingerprint density at radius 3 is 2.55 bits per heavy atom. The summed E-state index contributed by atoms with van der Waals surface area (Å²) in [5, 5.41) is 5.69. The number of nitrogens with one attached hydrogen (secondary N) is 2. The Kier molecular flexibility index (Phi) is 4.40. The molecule has 1 heterocycles. The van der Waals surface area contributed by atoms with E-state index < -0.39 is 17.5 Å². The average molecular weight is 305 g/mol. The third-order valence-corrected chi connectivity index (χ3v) is 2.75. The van der Waals surface area contributed by atoms with Gasteiger partial charge in [-0.2, -0.15) is 0 Å². The molecule has 1 amide bonds. The number of anilines is 2. The number of carbonyl (C=O) groups excluding carboxylic acids is 1. The van der Waals surface area contributed by atoms with Gasteiger partial charge in [-0.05, 0) is 45.0 Å². The molecule has 0 atom stereocenters. The van der Waals surface area contributed by atoms with Gasteiger partial charge in [0.2, 0.25) is 0 Å². The number of rotatable bonds is 3. The van der Waals surface area contributed by atoms with Gasteiger partial charge in [-0.25, -0.2) is 13.8 Å². The van der Waals surface area contributed by atoms with Crippen LogP contribution in [-0.4, -0.2) is 16.4 Å². The standard InChI is InChI=1S/C16H17F2N3O/c1-16(2,3)21-14-12(8-5-9-19-14)20-15(22)10-6-4-7-11(17)13(10)18/h4-9H,1-3H3,(H,19,21)(H,20,22). The number of carbonyl (C=O) groups is 1. The maximum atomic E-state index is 13.7. The van der Waals surface area contributed by atoms with Gasteiger partial charge in [-0.15, -0.1) is 0 Å². The van der Waals surface area contributed by atoms with E-state index in [1.165, 1.54) is 12.1 Å². The first-order chi connectivity index (χ1) is 10.3. The quantitative estimate of drug-likeness (QED) is 0.906. The van der Waals surface area contributed by atoms with Crippen molar-refractivity contribution in [2.75, 3.05) is 10.6 Å². The Morgan fingerprint density at radius 2 is 1.86 bits per heavy atom. The van der Waals surface area contributed by atoms with Crippen molar-refractivity contribution in [2.45, 2.75) is 26.3 Å². The van der Waals surface area contributed by atoms with E-state index in [0.29, 0.717) is 11.5 Å². The molecule has 116 valence electrons. The molecule has 6 heteroatoms. The van der Waals surface area contributed by atoms with Gasteiger partial charge < -0.3 is 10.6 Å². The molecular weight excluding hydrogens is 288 g/mol. The predicted octanol–water partition coefficient (Wildman–Crippen LogP) is 3.82. The van der Waals surface area contributed by atoms with Crippen LogP contribution in [-0.2, 0) is 0 Å². The second-order valence-corrected chi connectivity index (χ2v) is 5.83. The van der Waals surface area contributed by atoms with Crippen molar-refractivity contribution >= 4 is 17.4 Å². The minimum atomic E-state index is -1.17. The van der Waals surface area contributed by atoms with Crippen LogP contribution in [0.2, 0.25) is 0 Å². The van der Waals surface area contributed by atoms with Crippen molar-refractivity contribution in [3.8, 4) is 0 Å². The number of hydrogen-bond acceptors (Lipinski definition) is 3. The fourth-order valence-electron chi connectivity index (χ4n) is 1.83. The van der Waals surface area contributed by atoms with Crippen molar-refractivity contribution in [1.82, 2.24) is 4.98 Å². The van der Waals surface area contributed by atoms with E-state index in [0.717, 1.165) is 6.07 Å². The zero-order valence-electron chi connectivity index (χ0n) is 12.6.